The Morgan fingerprint density at radius 1 is 0.833 bits per heavy atom. The van der Waals surface area contributed by atoms with E-state index in [1.165, 1.54) is 12.1 Å². The van der Waals surface area contributed by atoms with Crippen LogP contribution in [-0.4, -0.2) is 52.8 Å². The Kier molecular flexibility index (Phi) is 5.30. The molecule has 152 valence electrons. The molecule has 1 aliphatic heterocycles. The zero-order valence-corrected chi connectivity index (χ0v) is 16.2. The normalized spacial score (nSPS) is 13.9. The minimum absolute atomic E-state index is 0.0643. The van der Waals surface area contributed by atoms with Crippen LogP contribution in [0.4, 0.5) is 16.2 Å². The number of carbonyl (C=O) groups is 2. The molecule has 30 heavy (non-hydrogen) atoms. The maximum atomic E-state index is 13.0. The highest BCUT2D eigenvalue weighted by Crippen LogP contribution is 2.24. The first-order chi connectivity index (χ1) is 14.5. The summed E-state index contributed by atoms with van der Waals surface area (Å²) in [5.74, 6) is -0.0643. The lowest BCUT2D eigenvalue weighted by Crippen LogP contribution is -2.51. The number of piperazine rings is 1. The van der Waals surface area contributed by atoms with Gasteiger partial charge in [-0.05, 0) is 22.9 Å². The standard InChI is InChI=1S/C22H20N4O4/c27-21(18-9-5-7-16-6-1-2-8-17(16)18)24-12-14-25(15-13-24)22(28)23-19-10-3-4-11-20(19)26(29)30/h1-11H,12-15H2,(H,23,28). The number of anilines is 1. The summed E-state index contributed by atoms with van der Waals surface area (Å²) in [7, 11) is 0. The van der Waals surface area contributed by atoms with Crippen LogP contribution in [0.15, 0.2) is 66.7 Å². The molecule has 1 fully saturated rings. The average Bonchev–Trinajstić information content (AvgIpc) is 2.78. The quantitative estimate of drug-likeness (QED) is 0.531. The summed E-state index contributed by atoms with van der Waals surface area (Å²) in [6, 6.07) is 19.0. The second-order valence-electron chi connectivity index (χ2n) is 7.01. The van der Waals surface area contributed by atoms with Gasteiger partial charge in [-0.2, -0.15) is 0 Å². The number of nitrogens with zero attached hydrogens (tertiary/aromatic N) is 3. The molecule has 0 spiro atoms. The highest BCUT2D eigenvalue weighted by molar-refractivity contribution is 6.07. The fraction of sp³-hybridized carbons (Fsp3) is 0.182. The Labute approximate surface area is 172 Å². The van der Waals surface area contributed by atoms with Crippen LogP contribution >= 0.6 is 0 Å². The van der Waals surface area contributed by atoms with Gasteiger partial charge in [-0.25, -0.2) is 4.79 Å². The van der Waals surface area contributed by atoms with Gasteiger partial charge in [-0.3, -0.25) is 14.9 Å². The molecule has 8 heteroatoms. The molecule has 0 atom stereocenters. The van der Waals surface area contributed by atoms with Crippen molar-refractivity contribution in [2.45, 2.75) is 0 Å². The third-order valence-corrected chi connectivity index (χ3v) is 5.22. The number of nitro groups is 1. The number of benzene rings is 3. The van der Waals surface area contributed by atoms with Gasteiger partial charge in [0.2, 0.25) is 0 Å². The van der Waals surface area contributed by atoms with Gasteiger partial charge in [0.1, 0.15) is 5.69 Å². The third kappa shape index (κ3) is 3.80. The van der Waals surface area contributed by atoms with Gasteiger partial charge in [-0.15, -0.1) is 0 Å². The molecule has 0 saturated carbocycles. The second kappa shape index (κ2) is 8.20. The average molecular weight is 404 g/mol. The molecular weight excluding hydrogens is 384 g/mol. The summed E-state index contributed by atoms with van der Waals surface area (Å²) < 4.78 is 0. The Hall–Kier alpha value is -3.94. The largest absolute Gasteiger partial charge is 0.335 e. The maximum absolute atomic E-state index is 13.0. The number of urea groups is 1. The van der Waals surface area contributed by atoms with Crippen molar-refractivity contribution in [3.63, 3.8) is 0 Å². The van der Waals surface area contributed by atoms with Gasteiger partial charge in [0.15, 0.2) is 0 Å². The molecule has 3 aromatic rings. The number of hydrogen-bond acceptors (Lipinski definition) is 4. The first kappa shape index (κ1) is 19.4. The van der Waals surface area contributed by atoms with Crippen LogP contribution < -0.4 is 5.32 Å². The molecular formula is C22H20N4O4. The predicted molar refractivity (Wildman–Crippen MR) is 114 cm³/mol. The van der Waals surface area contributed by atoms with E-state index in [-0.39, 0.29) is 17.3 Å². The molecule has 1 aliphatic rings. The molecule has 0 radical (unpaired) electrons. The lowest BCUT2D eigenvalue weighted by atomic mass is 10.0. The van der Waals surface area contributed by atoms with E-state index in [0.29, 0.717) is 31.7 Å². The molecule has 0 aromatic heterocycles. The molecule has 1 saturated heterocycles. The lowest BCUT2D eigenvalue weighted by molar-refractivity contribution is -0.383. The number of para-hydroxylation sites is 2. The van der Waals surface area contributed by atoms with Crippen molar-refractivity contribution in [1.29, 1.82) is 0 Å². The summed E-state index contributed by atoms with van der Waals surface area (Å²) in [6.45, 7) is 1.49. The molecule has 0 unspecified atom stereocenters. The van der Waals surface area contributed by atoms with Crippen LogP contribution in [0, 0.1) is 10.1 Å². The topological polar surface area (TPSA) is 95.8 Å². The third-order valence-electron chi connectivity index (χ3n) is 5.22. The Bertz CT molecular complexity index is 1120. The highest BCUT2D eigenvalue weighted by Gasteiger charge is 2.26. The summed E-state index contributed by atoms with van der Waals surface area (Å²) in [5, 5.41) is 15.6. The minimum Gasteiger partial charge on any atom is -0.335 e. The zero-order chi connectivity index (χ0) is 21.1. The van der Waals surface area contributed by atoms with E-state index >= 15 is 0 Å². The summed E-state index contributed by atoms with van der Waals surface area (Å²) in [4.78, 5) is 39.5. The molecule has 4 rings (SSSR count). The highest BCUT2D eigenvalue weighted by atomic mass is 16.6. The van der Waals surface area contributed by atoms with E-state index in [9.17, 15) is 19.7 Å². The van der Waals surface area contributed by atoms with Crippen molar-refractivity contribution in [1.82, 2.24) is 9.80 Å². The SMILES string of the molecule is O=C(Nc1ccccc1[N+](=O)[O-])N1CCN(C(=O)c2cccc3ccccc23)CC1. The molecule has 3 amide bonds. The van der Waals surface area contributed by atoms with Crippen LogP contribution in [0.3, 0.4) is 0 Å². The number of amides is 3. The van der Waals surface area contributed by atoms with Crippen molar-refractivity contribution in [2.75, 3.05) is 31.5 Å². The van der Waals surface area contributed by atoms with Crippen molar-refractivity contribution in [3.05, 3.63) is 82.4 Å². The van der Waals surface area contributed by atoms with Gasteiger partial charge in [0.05, 0.1) is 4.92 Å². The Morgan fingerprint density at radius 2 is 1.47 bits per heavy atom. The van der Waals surface area contributed by atoms with Crippen LogP contribution in [0.2, 0.25) is 0 Å². The van der Waals surface area contributed by atoms with E-state index in [2.05, 4.69) is 5.32 Å². The molecule has 0 bridgehead atoms. The van der Waals surface area contributed by atoms with Crippen LogP contribution in [0.1, 0.15) is 10.4 Å². The lowest BCUT2D eigenvalue weighted by Gasteiger charge is -2.34. The fourth-order valence-corrected chi connectivity index (χ4v) is 3.63. The first-order valence-electron chi connectivity index (χ1n) is 9.61. The van der Waals surface area contributed by atoms with Gasteiger partial charge in [-0.1, -0.05) is 48.5 Å². The summed E-state index contributed by atoms with van der Waals surface area (Å²) in [6.07, 6.45) is 0. The van der Waals surface area contributed by atoms with Gasteiger partial charge < -0.3 is 15.1 Å². The predicted octanol–water partition coefficient (Wildman–Crippen LogP) is 3.74. The number of fused-ring (bicyclic) bond motifs is 1. The van der Waals surface area contributed by atoms with Crippen LogP contribution in [-0.2, 0) is 0 Å². The van der Waals surface area contributed by atoms with Crippen molar-refractivity contribution < 1.29 is 14.5 Å². The number of nitrogens with one attached hydrogen (secondary N) is 1. The van der Waals surface area contributed by atoms with E-state index in [1.54, 1.807) is 21.9 Å². The first-order valence-corrected chi connectivity index (χ1v) is 9.61. The molecule has 0 aliphatic carbocycles. The molecule has 1 heterocycles. The van der Waals surface area contributed by atoms with Crippen molar-refractivity contribution >= 4 is 34.1 Å². The minimum atomic E-state index is -0.531. The molecule has 3 aromatic carbocycles. The number of rotatable bonds is 3. The smallest absolute Gasteiger partial charge is 0.322 e. The van der Waals surface area contributed by atoms with Crippen LogP contribution in [0.5, 0.6) is 0 Å². The number of nitro benzene ring substituents is 1. The zero-order valence-electron chi connectivity index (χ0n) is 16.2. The maximum Gasteiger partial charge on any atom is 0.322 e. The fourth-order valence-electron chi connectivity index (χ4n) is 3.63. The summed E-state index contributed by atoms with van der Waals surface area (Å²) >= 11 is 0. The van der Waals surface area contributed by atoms with E-state index in [0.717, 1.165) is 10.8 Å². The van der Waals surface area contributed by atoms with E-state index < -0.39 is 11.0 Å². The second-order valence-corrected chi connectivity index (χ2v) is 7.01. The molecule has 8 nitrogen and oxygen atoms in total. The van der Waals surface area contributed by atoms with Gasteiger partial charge in [0, 0.05) is 37.8 Å². The monoisotopic (exact) mass is 404 g/mol. The number of hydrogen-bond donors (Lipinski definition) is 1. The van der Waals surface area contributed by atoms with Gasteiger partial charge in [0.25, 0.3) is 11.6 Å². The van der Waals surface area contributed by atoms with E-state index in [1.807, 2.05) is 42.5 Å². The van der Waals surface area contributed by atoms with Crippen LogP contribution in [0.25, 0.3) is 10.8 Å². The Morgan fingerprint density at radius 3 is 2.23 bits per heavy atom. The molecule has 1 N–H and O–H groups in total. The van der Waals surface area contributed by atoms with Crippen molar-refractivity contribution in [2.24, 2.45) is 0 Å². The number of carbonyl (C=O) groups excluding carboxylic acids is 2. The van der Waals surface area contributed by atoms with Crippen molar-refractivity contribution in [3.8, 4) is 0 Å². The van der Waals surface area contributed by atoms with E-state index in [4.69, 9.17) is 0 Å². The summed E-state index contributed by atoms with van der Waals surface area (Å²) in [5.41, 5.74) is 0.642. The Balaban J connectivity index is 1.42. The van der Waals surface area contributed by atoms with Gasteiger partial charge >= 0.3 is 6.03 Å².